The molecular weight excluding hydrogens is 256 g/mol. The maximum absolute atomic E-state index is 12.3. The third-order valence-corrected chi connectivity index (χ3v) is 4.97. The predicted molar refractivity (Wildman–Crippen MR) is 68.4 cm³/mol. The van der Waals surface area contributed by atoms with Gasteiger partial charge in [-0.25, -0.2) is 0 Å². The largest absolute Gasteiger partial charge is 0.480 e. The van der Waals surface area contributed by atoms with E-state index in [0.717, 1.165) is 17.1 Å². The number of hydrogen-bond acceptors (Lipinski definition) is 3. The second kappa shape index (κ2) is 6.49. The van der Waals surface area contributed by atoms with Gasteiger partial charge in [-0.2, -0.15) is 17.0 Å². The first-order chi connectivity index (χ1) is 8.41. The second-order valence-corrected chi connectivity index (χ2v) is 6.56. The molecule has 6 nitrogen and oxygen atoms in total. The van der Waals surface area contributed by atoms with E-state index in [1.807, 2.05) is 6.92 Å². The quantitative estimate of drug-likeness (QED) is 0.675. The number of rotatable bonds is 9. The van der Waals surface area contributed by atoms with Gasteiger partial charge in [0, 0.05) is 19.6 Å². The normalized spacial score (nSPS) is 16.4. The van der Waals surface area contributed by atoms with E-state index >= 15 is 0 Å². The van der Waals surface area contributed by atoms with Crippen molar-refractivity contribution >= 4 is 16.2 Å². The number of aliphatic carboxylic acids is 1. The van der Waals surface area contributed by atoms with Gasteiger partial charge in [0.25, 0.3) is 10.2 Å². The van der Waals surface area contributed by atoms with Crippen molar-refractivity contribution < 1.29 is 18.3 Å². The maximum Gasteiger partial charge on any atom is 0.318 e. The standard InChI is InChI=1S/C11H22N2O4S/c1-3-7-13(9-11(14)15)18(16,17)12(4-2)8-10-5-6-10/h10H,3-9H2,1-2H3,(H,14,15). The molecule has 0 amide bonds. The van der Waals surface area contributed by atoms with Crippen molar-refractivity contribution in [1.29, 1.82) is 0 Å². The molecule has 0 aromatic rings. The van der Waals surface area contributed by atoms with Crippen molar-refractivity contribution in [2.75, 3.05) is 26.2 Å². The van der Waals surface area contributed by atoms with E-state index in [0.29, 0.717) is 25.4 Å². The first kappa shape index (κ1) is 15.4. The minimum Gasteiger partial charge on any atom is -0.480 e. The van der Waals surface area contributed by atoms with Gasteiger partial charge in [-0.3, -0.25) is 4.79 Å². The van der Waals surface area contributed by atoms with Crippen molar-refractivity contribution in [3.05, 3.63) is 0 Å². The van der Waals surface area contributed by atoms with E-state index in [2.05, 4.69) is 0 Å². The Morgan fingerprint density at radius 2 is 1.89 bits per heavy atom. The summed E-state index contributed by atoms with van der Waals surface area (Å²) in [6.07, 6.45) is 2.74. The fourth-order valence-electron chi connectivity index (χ4n) is 1.81. The van der Waals surface area contributed by atoms with Crippen LogP contribution in [-0.4, -0.2) is 54.3 Å². The Morgan fingerprint density at radius 3 is 2.28 bits per heavy atom. The third kappa shape index (κ3) is 4.22. The van der Waals surface area contributed by atoms with E-state index < -0.39 is 22.7 Å². The van der Waals surface area contributed by atoms with Gasteiger partial charge in [0.1, 0.15) is 6.54 Å². The van der Waals surface area contributed by atoms with Crippen LogP contribution in [0.2, 0.25) is 0 Å². The Hall–Kier alpha value is -0.660. The molecule has 0 aliphatic heterocycles. The Morgan fingerprint density at radius 1 is 1.28 bits per heavy atom. The highest BCUT2D eigenvalue weighted by atomic mass is 32.2. The molecule has 0 radical (unpaired) electrons. The van der Waals surface area contributed by atoms with Crippen molar-refractivity contribution in [3.63, 3.8) is 0 Å². The van der Waals surface area contributed by atoms with Gasteiger partial charge in [-0.1, -0.05) is 13.8 Å². The summed E-state index contributed by atoms with van der Waals surface area (Å²) in [4.78, 5) is 10.8. The zero-order chi connectivity index (χ0) is 13.8. The minimum absolute atomic E-state index is 0.246. The lowest BCUT2D eigenvalue weighted by atomic mass is 10.4. The van der Waals surface area contributed by atoms with Gasteiger partial charge in [0.05, 0.1) is 0 Å². The topological polar surface area (TPSA) is 77.9 Å². The molecule has 7 heteroatoms. The molecule has 106 valence electrons. The highest BCUT2D eigenvalue weighted by Gasteiger charge is 2.34. The molecule has 0 spiro atoms. The minimum atomic E-state index is -3.64. The van der Waals surface area contributed by atoms with Gasteiger partial charge in [0.15, 0.2) is 0 Å². The van der Waals surface area contributed by atoms with Crippen molar-refractivity contribution in [1.82, 2.24) is 8.61 Å². The number of carbonyl (C=O) groups is 1. The summed E-state index contributed by atoms with van der Waals surface area (Å²) in [5.74, 6) is -0.664. The van der Waals surface area contributed by atoms with Crippen molar-refractivity contribution in [2.24, 2.45) is 5.92 Å². The van der Waals surface area contributed by atoms with Gasteiger partial charge in [-0.15, -0.1) is 0 Å². The van der Waals surface area contributed by atoms with Crippen LogP contribution in [-0.2, 0) is 15.0 Å². The smallest absolute Gasteiger partial charge is 0.318 e. The highest BCUT2D eigenvalue weighted by molar-refractivity contribution is 7.86. The molecule has 1 saturated carbocycles. The third-order valence-electron chi connectivity index (χ3n) is 2.95. The van der Waals surface area contributed by atoms with E-state index in [4.69, 9.17) is 5.11 Å². The van der Waals surface area contributed by atoms with Crippen LogP contribution < -0.4 is 0 Å². The van der Waals surface area contributed by atoms with Gasteiger partial charge in [-0.05, 0) is 25.2 Å². The lowest BCUT2D eigenvalue weighted by Crippen LogP contribution is -2.46. The lowest BCUT2D eigenvalue weighted by Gasteiger charge is -2.28. The first-order valence-corrected chi connectivity index (χ1v) is 7.78. The molecule has 0 heterocycles. The molecule has 1 N–H and O–H groups in total. The summed E-state index contributed by atoms with van der Waals surface area (Å²) < 4.78 is 27.1. The van der Waals surface area contributed by atoms with Gasteiger partial charge < -0.3 is 5.11 Å². The van der Waals surface area contributed by atoms with Crippen LogP contribution in [0.4, 0.5) is 0 Å². The molecule has 18 heavy (non-hydrogen) atoms. The summed E-state index contributed by atoms with van der Waals surface area (Å²) in [5.41, 5.74) is 0. The fraction of sp³-hybridized carbons (Fsp3) is 0.909. The van der Waals surface area contributed by atoms with Crippen molar-refractivity contribution in [3.8, 4) is 0 Å². The van der Waals surface area contributed by atoms with Crippen LogP contribution in [0.15, 0.2) is 0 Å². The molecule has 1 aliphatic carbocycles. The van der Waals surface area contributed by atoms with Crippen LogP contribution in [0.5, 0.6) is 0 Å². The SMILES string of the molecule is CCCN(CC(=O)O)S(=O)(=O)N(CC)CC1CC1. The zero-order valence-corrected chi connectivity index (χ0v) is 11.8. The number of carboxylic acids is 1. The van der Waals surface area contributed by atoms with E-state index in [1.54, 1.807) is 6.92 Å². The molecule has 0 bridgehead atoms. The Balaban J connectivity index is 2.78. The lowest BCUT2D eigenvalue weighted by molar-refractivity contribution is -0.137. The van der Waals surface area contributed by atoms with E-state index in [9.17, 15) is 13.2 Å². The van der Waals surface area contributed by atoms with Crippen LogP contribution in [0.3, 0.4) is 0 Å². The summed E-state index contributed by atoms with van der Waals surface area (Å²) in [5, 5.41) is 8.80. The van der Waals surface area contributed by atoms with Crippen LogP contribution in [0.25, 0.3) is 0 Å². The van der Waals surface area contributed by atoms with E-state index in [-0.39, 0.29) is 6.54 Å². The Bertz CT molecular complexity index is 379. The zero-order valence-electron chi connectivity index (χ0n) is 11.0. The Labute approximate surface area is 109 Å². The van der Waals surface area contributed by atoms with Gasteiger partial charge >= 0.3 is 5.97 Å². The number of hydrogen-bond donors (Lipinski definition) is 1. The fourth-order valence-corrected chi connectivity index (χ4v) is 3.55. The molecule has 0 aromatic carbocycles. The molecular formula is C11H22N2O4S. The van der Waals surface area contributed by atoms with Gasteiger partial charge in [0.2, 0.25) is 0 Å². The molecule has 0 aromatic heterocycles. The molecule has 1 rings (SSSR count). The van der Waals surface area contributed by atoms with Crippen LogP contribution in [0, 0.1) is 5.92 Å². The predicted octanol–water partition coefficient (Wildman–Crippen LogP) is 0.760. The number of carboxylic acid groups (broad SMARTS) is 1. The summed E-state index contributed by atoms with van der Waals surface area (Å²) >= 11 is 0. The average molecular weight is 278 g/mol. The van der Waals surface area contributed by atoms with Crippen molar-refractivity contribution in [2.45, 2.75) is 33.1 Å². The molecule has 0 saturated heterocycles. The molecule has 1 fully saturated rings. The molecule has 1 aliphatic rings. The monoisotopic (exact) mass is 278 g/mol. The Kier molecular flexibility index (Phi) is 5.55. The number of nitrogens with zero attached hydrogens (tertiary/aromatic N) is 2. The summed E-state index contributed by atoms with van der Waals surface area (Å²) in [6.45, 7) is 4.30. The van der Waals surface area contributed by atoms with Crippen LogP contribution in [0.1, 0.15) is 33.1 Å². The summed E-state index contributed by atoms with van der Waals surface area (Å²) in [7, 11) is -3.64. The highest BCUT2D eigenvalue weighted by Crippen LogP contribution is 2.30. The second-order valence-electron chi connectivity index (χ2n) is 4.63. The average Bonchev–Trinajstić information content (AvgIpc) is 3.08. The maximum atomic E-state index is 12.3. The van der Waals surface area contributed by atoms with Crippen LogP contribution >= 0.6 is 0 Å². The molecule has 0 atom stereocenters. The van der Waals surface area contributed by atoms with E-state index in [1.165, 1.54) is 4.31 Å². The summed E-state index contributed by atoms with van der Waals surface area (Å²) in [6, 6.07) is 0. The molecule has 0 unspecified atom stereocenters. The first-order valence-electron chi connectivity index (χ1n) is 6.38.